The van der Waals surface area contributed by atoms with Crippen molar-refractivity contribution in [3.8, 4) is 0 Å². The van der Waals surface area contributed by atoms with Crippen LogP contribution in [0.5, 0.6) is 0 Å². The summed E-state index contributed by atoms with van der Waals surface area (Å²) >= 11 is 2.06. The van der Waals surface area contributed by atoms with Crippen LogP contribution >= 0.6 is 11.8 Å². The van der Waals surface area contributed by atoms with E-state index in [2.05, 4.69) is 18.7 Å². The molecule has 0 saturated carbocycles. The zero-order valence-corrected chi connectivity index (χ0v) is 5.34. The van der Waals surface area contributed by atoms with Gasteiger partial charge in [-0.15, -0.1) is 0 Å². The van der Waals surface area contributed by atoms with Gasteiger partial charge in [0.05, 0.1) is 0 Å². The second-order valence-corrected chi connectivity index (χ2v) is 3.28. The van der Waals surface area contributed by atoms with Crippen molar-refractivity contribution in [1.82, 2.24) is 0 Å². The Bertz CT molecular complexity index is 46.1. The first-order chi connectivity index (χ1) is 3.39. The molecule has 0 unspecified atom stereocenters. The van der Waals surface area contributed by atoms with Gasteiger partial charge < -0.3 is 0 Å². The van der Waals surface area contributed by atoms with Gasteiger partial charge in [0.1, 0.15) is 0 Å². The van der Waals surface area contributed by atoms with Crippen LogP contribution in [0.1, 0.15) is 12.8 Å². The SMILES string of the molecule is [CH2]C1CCSCC1. The van der Waals surface area contributed by atoms with Crippen molar-refractivity contribution in [3.05, 3.63) is 6.92 Å². The Kier molecular flexibility index (Phi) is 2.04. The van der Waals surface area contributed by atoms with Crippen LogP contribution in [0, 0.1) is 12.8 Å². The maximum absolute atomic E-state index is 3.98. The molecule has 0 amide bonds. The fraction of sp³-hybridized carbons (Fsp3) is 0.833. The summed E-state index contributed by atoms with van der Waals surface area (Å²) in [5.41, 5.74) is 0. The fourth-order valence-electron chi connectivity index (χ4n) is 0.746. The summed E-state index contributed by atoms with van der Waals surface area (Å²) in [6.45, 7) is 3.98. The molecule has 0 N–H and O–H groups in total. The zero-order valence-electron chi connectivity index (χ0n) is 4.52. The molecule has 0 bridgehead atoms. The molecule has 1 rings (SSSR count). The van der Waals surface area contributed by atoms with E-state index in [4.69, 9.17) is 0 Å². The third kappa shape index (κ3) is 1.72. The molecule has 0 aromatic rings. The van der Waals surface area contributed by atoms with Crippen molar-refractivity contribution in [1.29, 1.82) is 0 Å². The minimum Gasteiger partial charge on any atom is -0.162 e. The van der Waals surface area contributed by atoms with Gasteiger partial charge in [-0.3, -0.25) is 0 Å². The highest BCUT2D eigenvalue weighted by Gasteiger charge is 2.06. The van der Waals surface area contributed by atoms with Crippen LogP contribution in [0.25, 0.3) is 0 Å². The van der Waals surface area contributed by atoms with Crippen molar-refractivity contribution in [2.75, 3.05) is 11.5 Å². The van der Waals surface area contributed by atoms with Crippen molar-refractivity contribution in [3.63, 3.8) is 0 Å². The Morgan fingerprint density at radius 1 is 1.29 bits per heavy atom. The van der Waals surface area contributed by atoms with Crippen LogP contribution in [0.3, 0.4) is 0 Å². The maximum atomic E-state index is 3.98. The second kappa shape index (κ2) is 2.61. The Hall–Kier alpha value is 0.350. The molecule has 0 aromatic heterocycles. The molecule has 7 heavy (non-hydrogen) atoms. The van der Waals surface area contributed by atoms with Gasteiger partial charge in [-0.05, 0) is 30.3 Å². The lowest BCUT2D eigenvalue weighted by molar-refractivity contribution is 0.598. The van der Waals surface area contributed by atoms with Gasteiger partial charge in [0.15, 0.2) is 0 Å². The Balaban J connectivity index is 2.12. The summed E-state index contributed by atoms with van der Waals surface area (Å²) in [4.78, 5) is 0. The van der Waals surface area contributed by atoms with E-state index in [1.807, 2.05) is 0 Å². The van der Waals surface area contributed by atoms with E-state index in [9.17, 15) is 0 Å². The smallest absolute Gasteiger partial charge is 0.00649 e. The van der Waals surface area contributed by atoms with Gasteiger partial charge >= 0.3 is 0 Å². The number of hydrogen-bond donors (Lipinski definition) is 0. The Morgan fingerprint density at radius 3 is 2.14 bits per heavy atom. The largest absolute Gasteiger partial charge is 0.162 e. The number of hydrogen-bond acceptors (Lipinski definition) is 1. The van der Waals surface area contributed by atoms with E-state index in [1.54, 1.807) is 0 Å². The van der Waals surface area contributed by atoms with Crippen LogP contribution in [-0.2, 0) is 0 Å². The first-order valence-electron chi connectivity index (χ1n) is 2.80. The molecule has 1 heterocycles. The quantitative estimate of drug-likeness (QED) is 0.465. The van der Waals surface area contributed by atoms with Crippen LogP contribution in [-0.4, -0.2) is 11.5 Å². The lowest BCUT2D eigenvalue weighted by Crippen LogP contribution is -2.04. The maximum Gasteiger partial charge on any atom is -0.00649 e. The predicted molar refractivity (Wildman–Crippen MR) is 35.4 cm³/mol. The Labute approximate surface area is 49.7 Å². The monoisotopic (exact) mass is 115 g/mol. The number of rotatable bonds is 0. The first-order valence-corrected chi connectivity index (χ1v) is 3.96. The molecular weight excluding hydrogens is 104 g/mol. The van der Waals surface area contributed by atoms with E-state index in [1.165, 1.54) is 24.3 Å². The van der Waals surface area contributed by atoms with Crippen molar-refractivity contribution < 1.29 is 0 Å². The van der Waals surface area contributed by atoms with Gasteiger partial charge in [0, 0.05) is 0 Å². The minimum absolute atomic E-state index is 0.765. The molecule has 1 aliphatic rings. The summed E-state index contributed by atoms with van der Waals surface area (Å²) < 4.78 is 0. The molecule has 1 heteroatoms. The predicted octanol–water partition coefficient (Wildman–Crippen LogP) is 1.96. The fourth-order valence-corrected chi connectivity index (χ4v) is 1.95. The van der Waals surface area contributed by atoms with Gasteiger partial charge in [0.2, 0.25) is 0 Å². The van der Waals surface area contributed by atoms with E-state index in [0.717, 1.165) is 5.92 Å². The Morgan fingerprint density at radius 2 is 1.86 bits per heavy atom. The van der Waals surface area contributed by atoms with Crippen LogP contribution in [0.2, 0.25) is 0 Å². The second-order valence-electron chi connectivity index (χ2n) is 2.06. The van der Waals surface area contributed by atoms with Gasteiger partial charge in [-0.25, -0.2) is 0 Å². The average Bonchev–Trinajstić information content (AvgIpc) is 1.69. The highest BCUT2D eigenvalue weighted by Crippen LogP contribution is 2.20. The molecule has 1 aliphatic heterocycles. The van der Waals surface area contributed by atoms with Crippen LogP contribution in [0.4, 0.5) is 0 Å². The molecule has 1 saturated heterocycles. The van der Waals surface area contributed by atoms with Crippen molar-refractivity contribution in [2.45, 2.75) is 12.8 Å². The highest BCUT2D eigenvalue weighted by atomic mass is 32.2. The molecule has 41 valence electrons. The van der Waals surface area contributed by atoms with Crippen LogP contribution < -0.4 is 0 Å². The highest BCUT2D eigenvalue weighted by molar-refractivity contribution is 7.99. The third-order valence-electron chi connectivity index (χ3n) is 1.34. The molecule has 1 fully saturated rings. The van der Waals surface area contributed by atoms with Crippen molar-refractivity contribution >= 4 is 11.8 Å². The minimum atomic E-state index is 0.765. The van der Waals surface area contributed by atoms with Crippen LogP contribution in [0.15, 0.2) is 0 Å². The van der Waals surface area contributed by atoms with Crippen molar-refractivity contribution in [2.24, 2.45) is 5.92 Å². The van der Waals surface area contributed by atoms with E-state index < -0.39 is 0 Å². The lowest BCUT2D eigenvalue weighted by Gasteiger charge is -2.15. The molecular formula is C6H11S. The first kappa shape index (κ1) is 5.49. The summed E-state index contributed by atoms with van der Waals surface area (Å²) in [6, 6.07) is 0. The molecule has 0 aromatic carbocycles. The molecule has 0 spiro atoms. The molecule has 0 aliphatic carbocycles. The standard InChI is InChI=1S/C6H11S/c1-6-2-4-7-5-3-6/h6H,1-5H2. The lowest BCUT2D eigenvalue weighted by atomic mass is 10.1. The van der Waals surface area contributed by atoms with Gasteiger partial charge in [-0.2, -0.15) is 11.8 Å². The van der Waals surface area contributed by atoms with E-state index in [0.29, 0.717) is 0 Å². The molecule has 0 atom stereocenters. The molecule has 1 radical (unpaired) electrons. The van der Waals surface area contributed by atoms with Gasteiger partial charge in [0.25, 0.3) is 0 Å². The summed E-state index contributed by atoms with van der Waals surface area (Å²) in [7, 11) is 0. The summed E-state index contributed by atoms with van der Waals surface area (Å²) in [6.07, 6.45) is 2.68. The van der Waals surface area contributed by atoms with E-state index >= 15 is 0 Å². The normalized spacial score (nSPS) is 25.3. The summed E-state index contributed by atoms with van der Waals surface area (Å²) in [5.74, 6) is 3.45. The zero-order chi connectivity index (χ0) is 5.11. The van der Waals surface area contributed by atoms with Gasteiger partial charge in [-0.1, -0.05) is 6.92 Å². The third-order valence-corrected chi connectivity index (χ3v) is 2.39. The number of thioether (sulfide) groups is 1. The van der Waals surface area contributed by atoms with E-state index in [-0.39, 0.29) is 0 Å². The summed E-state index contributed by atoms with van der Waals surface area (Å²) in [5, 5.41) is 0. The topological polar surface area (TPSA) is 0 Å². The average molecular weight is 115 g/mol. The molecule has 0 nitrogen and oxygen atoms in total.